The predicted molar refractivity (Wildman–Crippen MR) is 114 cm³/mol. The van der Waals surface area contributed by atoms with E-state index in [9.17, 15) is 4.79 Å². The number of nitrogens with zero attached hydrogens (tertiary/aromatic N) is 1. The zero-order valence-electron chi connectivity index (χ0n) is 15.0. The molecule has 1 N–H and O–H groups in total. The summed E-state index contributed by atoms with van der Waals surface area (Å²) in [5.74, 6) is 0.780. The van der Waals surface area contributed by atoms with Gasteiger partial charge in [-0.25, -0.2) is 4.98 Å². The van der Waals surface area contributed by atoms with Gasteiger partial charge in [0, 0.05) is 23.2 Å². The average Bonchev–Trinajstić information content (AvgIpc) is 3.15. The third-order valence-corrected chi connectivity index (χ3v) is 5.85. The van der Waals surface area contributed by atoms with Crippen molar-refractivity contribution >= 4 is 29.0 Å². The highest BCUT2D eigenvalue weighted by Crippen LogP contribution is 2.26. The van der Waals surface area contributed by atoms with E-state index in [4.69, 9.17) is 0 Å². The van der Waals surface area contributed by atoms with Crippen LogP contribution in [0.15, 0.2) is 72.7 Å². The molecule has 0 radical (unpaired) electrons. The van der Waals surface area contributed by atoms with E-state index >= 15 is 0 Å². The molecule has 0 saturated carbocycles. The Balaban J connectivity index is 1.77. The maximum Gasteiger partial charge on any atom is 0.232 e. The van der Waals surface area contributed by atoms with Gasteiger partial charge in [-0.15, -0.1) is 23.1 Å². The number of carbonyl (C=O) groups excluding carboxylic acids is 1. The molecular formula is C21H24N2OS2. The molecule has 2 aromatic rings. The number of thioether (sulfide) groups is 1. The monoisotopic (exact) mass is 384 g/mol. The molecule has 3 nitrogen and oxygen atoms in total. The van der Waals surface area contributed by atoms with E-state index in [1.807, 2.05) is 31.2 Å². The van der Waals surface area contributed by atoms with E-state index in [0.717, 1.165) is 34.0 Å². The summed E-state index contributed by atoms with van der Waals surface area (Å²) in [5, 5.41) is 5.94. The number of aromatic nitrogens is 1. The Bertz CT molecular complexity index is 765. The molecule has 1 aromatic carbocycles. The standard InChI is InChI=1S/C21H24N2OS2/c1-4-9-17(5-2)12-13-22-20(24)16(3)25-14-19-15-26-21(23-19)18-10-7-6-8-11-18/h4-11,15-16H,1-2,12-14H2,3H3,(H,22,24)/b17-9+. The van der Waals surface area contributed by atoms with Gasteiger partial charge in [0.25, 0.3) is 0 Å². The normalized spacial score (nSPS) is 12.4. The van der Waals surface area contributed by atoms with E-state index < -0.39 is 0 Å². The number of nitrogens with one attached hydrogen (secondary N) is 1. The minimum atomic E-state index is -0.118. The van der Waals surface area contributed by atoms with Crippen LogP contribution in [0.25, 0.3) is 10.6 Å². The van der Waals surface area contributed by atoms with Gasteiger partial charge in [0.15, 0.2) is 0 Å². The highest BCUT2D eigenvalue weighted by molar-refractivity contribution is 7.99. The van der Waals surface area contributed by atoms with Crippen molar-refractivity contribution in [3.8, 4) is 10.6 Å². The van der Waals surface area contributed by atoms with Crippen molar-refractivity contribution in [2.24, 2.45) is 0 Å². The molecule has 1 aromatic heterocycles. The van der Waals surface area contributed by atoms with Crippen LogP contribution >= 0.6 is 23.1 Å². The fraction of sp³-hybridized carbons (Fsp3) is 0.238. The number of hydrogen-bond acceptors (Lipinski definition) is 4. The minimum Gasteiger partial charge on any atom is -0.355 e. The number of allylic oxidation sites excluding steroid dienone is 3. The lowest BCUT2D eigenvalue weighted by Crippen LogP contribution is -2.31. The molecule has 0 spiro atoms. The lowest BCUT2D eigenvalue weighted by molar-refractivity contribution is -0.120. The van der Waals surface area contributed by atoms with Gasteiger partial charge < -0.3 is 5.32 Å². The second kappa shape index (κ2) is 10.8. The molecule has 136 valence electrons. The highest BCUT2D eigenvalue weighted by Gasteiger charge is 2.14. The summed E-state index contributed by atoms with van der Waals surface area (Å²) in [6, 6.07) is 10.1. The lowest BCUT2D eigenvalue weighted by atomic mass is 10.1. The highest BCUT2D eigenvalue weighted by atomic mass is 32.2. The van der Waals surface area contributed by atoms with Crippen LogP contribution in [-0.2, 0) is 10.5 Å². The summed E-state index contributed by atoms with van der Waals surface area (Å²) in [7, 11) is 0. The maximum atomic E-state index is 12.2. The summed E-state index contributed by atoms with van der Waals surface area (Å²) in [6.07, 6.45) is 6.18. The molecule has 1 atom stereocenters. The Morgan fingerprint density at radius 2 is 2.12 bits per heavy atom. The summed E-state index contributed by atoms with van der Waals surface area (Å²) in [5.41, 5.74) is 3.21. The van der Waals surface area contributed by atoms with Crippen molar-refractivity contribution in [3.05, 3.63) is 78.4 Å². The van der Waals surface area contributed by atoms with Gasteiger partial charge in [0.05, 0.1) is 10.9 Å². The van der Waals surface area contributed by atoms with E-state index in [1.165, 1.54) is 0 Å². The van der Waals surface area contributed by atoms with Crippen molar-refractivity contribution in [1.29, 1.82) is 0 Å². The van der Waals surface area contributed by atoms with Crippen LogP contribution in [0.1, 0.15) is 19.0 Å². The Hall–Kier alpha value is -2.11. The molecule has 0 bridgehead atoms. The molecule has 0 aliphatic rings. The zero-order valence-corrected chi connectivity index (χ0v) is 16.6. The van der Waals surface area contributed by atoms with Crippen LogP contribution in [-0.4, -0.2) is 22.7 Å². The van der Waals surface area contributed by atoms with Crippen LogP contribution < -0.4 is 5.32 Å². The van der Waals surface area contributed by atoms with Crippen molar-refractivity contribution in [2.75, 3.05) is 6.54 Å². The number of amides is 1. The van der Waals surface area contributed by atoms with Gasteiger partial charge in [-0.3, -0.25) is 4.79 Å². The summed E-state index contributed by atoms with van der Waals surface area (Å²) in [6.45, 7) is 9.97. The van der Waals surface area contributed by atoms with Crippen molar-refractivity contribution < 1.29 is 4.79 Å². The Labute approximate surface area is 163 Å². The molecule has 5 heteroatoms. The SMILES string of the molecule is C=C/C=C(\C=C)CCNC(=O)C(C)SCc1csc(-c2ccccc2)n1. The second-order valence-electron chi connectivity index (χ2n) is 5.69. The van der Waals surface area contributed by atoms with Crippen LogP contribution in [0.2, 0.25) is 0 Å². The largest absolute Gasteiger partial charge is 0.355 e. The lowest BCUT2D eigenvalue weighted by Gasteiger charge is -2.11. The van der Waals surface area contributed by atoms with Crippen molar-refractivity contribution in [2.45, 2.75) is 24.3 Å². The average molecular weight is 385 g/mol. The Kier molecular flexibility index (Phi) is 8.38. The maximum absolute atomic E-state index is 12.2. The fourth-order valence-corrected chi connectivity index (χ4v) is 3.99. The third-order valence-electron chi connectivity index (χ3n) is 3.73. The first-order valence-corrected chi connectivity index (χ1v) is 10.4. The molecule has 0 aliphatic carbocycles. The fourth-order valence-electron chi connectivity index (χ4n) is 2.25. The molecule has 1 heterocycles. The molecular weight excluding hydrogens is 360 g/mol. The van der Waals surface area contributed by atoms with Gasteiger partial charge in [0.2, 0.25) is 5.91 Å². The molecule has 0 aliphatic heterocycles. The van der Waals surface area contributed by atoms with Crippen molar-refractivity contribution in [1.82, 2.24) is 10.3 Å². The number of hydrogen-bond donors (Lipinski definition) is 1. The predicted octanol–water partition coefficient (Wildman–Crippen LogP) is 5.24. The number of benzene rings is 1. The number of carbonyl (C=O) groups is 1. The van der Waals surface area contributed by atoms with Crippen molar-refractivity contribution in [3.63, 3.8) is 0 Å². The van der Waals surface area contributed by atoms with E-state index in [-0.39, 0.29) is 11.2 Å². The van der Waals surface area contributed by atoms with Crippen LogP contribution in [0.4, 0.5) is 0 Å². The zero-order chi connectivity index (χ0) is 18.8. The number of rotatable bonds is 10. The van der Waals surface area contributed by atoms with E-state index in [2.05, 4.69) is 41.0 Å². The topological polar surface area (TPSA) is 42.0 Å². The molecule has 2 rings (SSSR count). The smallest absolute Gasteiger partial charge is 0.232 e. The van der Waals surface area contributed by atoms with Crippen LogP contribution in [0.5, 0.6) is 0 Å². The molecule has 1 amide bonds. The van der Waals surface area contributed by atoms with Gasteiger partial charge in [-0.05, 0) is 18.9 Å². The summed E-state index contributed by atoms with van der Waals surface area (Å²) < 4.78 is 0. The Morgan fingerprint density at radius 3 is 2.81 bits per heavy atom. The molecule has 26 heavy (non-hydrogen) atoms. The quantitative estimate of drug-likeness (QED) is 0.570. The third kappa shape index (κ3) is 6.32. The van der Waals surface area contributed by atoms with Crippen LogP contribution in [0.3, 0.4) is 0 Å². The first kappa shape index (κ1) is 20.2. The minimum absolute atomic E-state index is 0.0514. The molecule has 0 saturated heterocycles. The van der Waals surface area contributed by atoms with Gasteiger partial charge in [-0.2, -0.15) is 0 Å². The van der Waals surface area contributed by atoms with E-state index in [0.29, 0.717) is 6.54 Å². The summed E-state index contributed by atoms with van der Waals surface area (Å²) in [4.78, 5) is 16.9. The second-order valence-corrected chi connectivity index (χ2v) is 7.87. The number of thiazole rings is 1. The molecule has 1 unspecified atom stereocenters. The van der Waals surface area contributed by atoms with E-state index in [1.54, 1.807) is 35.3 Å². The van der Waals surface area contributed by atoms with Gasteiger partial charge in [0.1, 0.15) is 5.01 Å². The van der Waals surface area contributed by atoms with Gasteiger partial charge in [-0.1, -0.05) is 61.7 Å². The first-order valence-electron chi connectivity index (χ1n) is 8.47. The Morgan fingerprint density at radius 1 is 1.35 bits per heavy atom. The first-order chi connectivity index (χ1) is 12.6. The van der Waals surface area contributed by atoms with Crippen LogP contribution in [0, 0.1) is 0 Å². The van der Waals surface area contributed by atoms with Gasteiger partial charge >= 0.3 is 0 Å². The summed E-state index contributed by atoms with van der Waals surface area (Å²) >= 11 is 3.24. The molecule has 0 fully saturated rings.